The highest BCUT2D eigenvalue weighted by molar-refractivity contribution is 6.02. The normalized spacial score (nSPS) is 11.9. The topological polar surface area (TPSA) is 96.1 Å². The van der Waals surface area contributed by atoms with Gasteiger partial charge in [0.1, 0.15) is 0 Å². The number of nitrogens with zero attached hydrogens (tertiary/aromatic N) is 2. The molecule has 0 radical (unpaired) electrons. The summed E-state index contributed by atoms with van der Waals surface area (Å²) < 4.78 is 5.36. The molecule has 0 aliphatic heterocycles. The van der Waals surface area contributed by atoms with Gasteiger partial charge in [-0.25, -0.2) is 10.9 Å². The Kier molecular flexibility index (Phi) is 6.77. The minimum atomic E-state index is -0.550. The minimum absolute atomic E-state index is 0.0228. The Hall–Kier alpha value is -4.00. The van der Waals surface area contributed by atoms with Gasteiger partial charge in [-0.1, -0.05) is 59.7 Å². The molecule has 7 nitrogen and oxygen atoms in total. The molecule has 0 saturated carbocycles. The fraction of sp³-hybridized carbons (Fsp3) is 0.167. The number of hydrazone groups is 2. The van der Waals surface area contributed by atoms with Gasteiger partial charge in [-0.05, 0) is 51.0 Å². The van der Waals surface area contributed by atoms with Crippen molar-refractivity contribution in [3.8, 4) is 0 Å². The molecule has 7 heteroatoms. The molecule has 2 N–H and O–H groups in total. The maximum atomic E-state index is 12.3. The number of carbonyl (C=O) groups excluding carboxylic acids is 2. The number of rotatable bonds is 6. The molecular formula is C24H24N4O3. The first-order valence-corrected chi connectivity index (χ1v) is 9.76. The van der Waals surface area contributed by atoms with Crippen LogP contribution in [-0.4, -0.2) is 23.2 Å². The van der Waals surface area contributed by atoms with E-state index in [9.17, 15) is 9.59 Å². The number of aryl methyl sites for hydroxylation is 2. The van der Waals surface area contributed by atoms with E-state index in [2.05, 4.69) is 21.1 Å². The summed E-state index contributed by atoms with van der Waals surface area (Å²) in [5.41, 5.74) is 10.2. The zero-order chi connectivity index (χ0) is 22.4. The number of benzene rings is 2. The Balaban J connectivity index is 1.62. The Labute approximate surface area is 180 Å². The van der Waals surface area contributed by atoms with Crippen LogP contribution in [0.15, 0.2) is 75.3 Å². The van der Waals surface area contributed by atoms with Gasteiger partial charge in [0, 0.05) is 0 Å². The van der Waals surface area contributed by atoms with Gasteiger partial charge in [-0.15, -0.1) is 0 Å². The summed E-state index contributed by atoms with van der Waals surface area (Å²) in [5, 5.41) is 8.20. The molecule has 3 rings (SSSR count). The van der Waals surface area contributed by atoms with Crippen molar-refractivity contribution < 1.29 is 14.0 Å². The highest BCUT2D eigenvalue weighted by Crippen LogP contribution is 2.10. The van der Waals surface area contributed by atoms with E-state index in [-0.39, 0.29) is 11.5 Å². The first-order valence-electron chi connectivity index (χ1n) is 9.76. The molecule has 0 atom stereocenters. The molecule has 1 aromatic heterocycles. The number of nitrogens with one attached hydrogen (secondary N) is 2. The Morgan fingerprint density at radius 3 is 1.52 bits per heavy atom. The number of furan rings is 1. The van der Waals surface area contributed by atoms with Crippen molar-refractivity contribution in [2.24, 2.45) is 10.2 Å². The van der Waals surface area contributed by atoms with Gasteiger partial charge in [0.2, 0.25) is 0 Å². The molecule has 0 aliphatic rings. The fourth-order valence-electron chi connectivity index (χ4n) is 2.83. The van der Waals surface area contributed by atoms with E-state index >= 15 is 0 Å². The van der Waals surface area contributed by atoms with Crippen LogP contribution in [0.2, 0.25) is 0 Å². The third kappa shape index (κ3) is 5.76. The molecule has 0 unspecified atom stereocenters. The molecule has 0 fully saturated rings. The Morgan fingerprint density at radius 1 is 0.710 bits per heavy atom. The highest BCUT2D eigenvalue weighted by atomic mass is 16.4. The fourth-order valence-corrected chi connectivity index (χ4v) is 2.83. The van der Waals surface area contributed by atoms with Gasteiger partial charge in [0.15, 0.2) is 11.5 Å². The van der Waals surface area contributed by atoms with E-state index < -0.39 is 11.8 Å². The van der Waals surface area contributed by atoms with E-state index in [1.807, 2.05) is 62.4 Å². The lowest BCUT2D eigenvalue weighted by atomic mass is 10.1. The summed E-state index contributed by atoms with van der Waals surface area (Å²) in [4.78, 5) is 24.6. The summed E-state index contributed by atoms with van der Waals surface area (Å²) in [5.74, 6) is -1.15. The van der Waals surface area contributed by atoms with E-state index in [0.717, 1.165) is 22.3 Å². The molecule has 2 aromatic carbocycles. The molecule has 0 saturated heterocycles. The maximum absolute atomic E-state index is 12.3. The second-order valence-corrected chi connectivity index (χ2v) is 7.18. The molecule has 3 aromatic rings. The SMILES string of the molecule is CC(=NNC(=O)c1ccc(C(=O)NN=C(C)c2cccc(C)c2)o1)c1cccc(C)c1. The van der Waals surface area contributed by atoms with Crippen molar-refractivity contribution in [1.29, 1.82) is 0 Å². The molecule has 0 bridgehead atoms. The van der Waals surface area contributed by atoms with Gasteiger partial charge >= 0.3 is 11.8 Å². The van der Waals surface area contributed by atoms with Crippen LogP contribution in [0.4, 0.5) is 0 Å². The van der Waals surface area contributed by atoms with Crippen LogP contribution in [-0.2, 0) is 0 Å². The van der Waals surface area contributed by atoms with Gasteiger partial charge in [-0.3, -0.25) is 9.59 Å². The smallest absolute Gasteiger partial charge is 0.307 e. The van der Waals surface area contributed by atoms with Crippen molar-refractivity contribution in [3.05, 3.63) is 94.4 Å². The Morgan fingerprint density at radius 2 is 1.13 bits per heavy atom. The summed E-state index contributed by atoms with van der Waals surface area (Å²) in [6.07, 6.45) is 0. The van der Waals surface area contributed by atoms with Crippen molar-refractivity contribution >= 4 is 23.2 Å². The van der Waals surface area contributed by atoms with Crippen LogP contribution < -0.4 is 10.9 Å². The number of hydrogen-bond acceptors (Lipinski definition) is 5. The lowest BCUT2D eigenvalue weighted by Gasteiger charge is -2.03. The van der Waals surface area contributed by atoms with Crippen LogP contribution in [0, 0.1) is 13.8 Å². The second kappa shape index (κ2) is 9.67. The van der Waals surface area contributed by atoms with Crippen LogP contribution in [0.3, 0.4) is 0 Å². The van der Waals surface area contributed by atoms with E-state index in [1.54, 1.807) is 13.8 Å². The third-order valence-electron chi connectivity index (χ3n) is 4.58. The molecule has 0 aliphatic carbocycles. The Bertz CT molecular complexity index is 1080. The molecule has 158 valence electrons. The summed E-state index contributed by atoms with van der Waals surface area (Å²) in [6, 6.07) is 18.4. The average molecular weight is 416 g/mol. The van der Waals surface area contributed by atoms with Crippen LogP contribution in [0.1, 0.15) is 57.2 Å². The first kappa shape index (κ1) is 21.7. The predicted molar refractivity (Wildman–Crippen MR) is 120 cm³/mol. The van der Waals surface area contributed by atoms with E-state index in [1.165, 1.54) is 12.1 Å². The predicted octanol–water partition coefficient (Wildman–Crippen LogP) is 4.20. The largest absolute Gasteiger partial charge is 0.446 e. The molecule has 1 heterocycles. The maximum Gasteiger partial charge on any atom is 0.307 e. The van der Waals surface area contributed by atoms with Crippen LogP contribution >= 0.6 is 0 Å². The van der Waals surface area contributed by atoms with Crippen LogP contribution in [0.5, 0.6) is 0 Å². The van der Waals surface area contributed by atoms with Gasteiger partial charge in [-0.2, -0.15) is 10.2 Å². The summed E-state index contributed by atoms with van der Waals surface area (Å²) >= 11 is 0. The number of amides is 2. The third-order valence-corrected chi connectivity index (χ3v) is 4.58. The average Bonchev–Trinajstić information content (AvgIpc) is 3.26. The summed E-state index contributed by atoms with van der Waals surface area (Å²) in [6.45, 7) is 7.56. The monoisotopic (exact) mass is 416 g/mol. The lowest BCUT2D eigenvalue weighted by molar-refractivity contribution is 0.0902. The van der Waals surface area contributed by atoms with Crippen molar-refractivity contribution in [3.63, 3.8) is 0 Å². The zero-order valence-electron chi connectivity index (χ0n) is 17.9. The van der Waals surface area contributed by atoms with Gasteiger partial charge in [0.25, 0.3) is 0 Å². The quantitative estimate of drug-likeness (QED) is 0.465. The second-order valence-electron chi connectivity index (χ2n) is 7.18. The standard InChI is InChI=1S/C24H24N4O3/c1-15-7-5-9-19(13-15)17(3)25-27-23(29)21-11-12-22(31-21)24(30)28-26-18(4)20-10-6-8-16(2)14-20/h5-14H,1-4H3,(H,27,29)(H,28,30). The lowest BCUT2D eigenvalue weighted by Crippen LogP contribution is -2.20. The molecular weight excluding hydrogens is 392 g/mol. The molecule has 31 heavy (non-hydrogen) atoms. The first-order chi connectivity index (χ1) is 14.8. The zero-order valence-corrected chi connectivity index (χ0v) is 17.9. The van der Waals surface area contributed by atoms with E-state index in [0.29, 0.717) is 11.4 Å². The van der Waals surface area contributed by atoms with Crippen molar-refractivity contribution in [1.82, 2.24) is 10.9 Å². The number of carbonyl (C=O) groups is 2. The van der Waals surface area contributed by atoms with Gasteiger partial charge in [0.05, 0.1) is 11.4 Å². The van der Waals surface area contributed by atoms with Crippen molar-refractivity contribution in [2.75, 3.05) is 0 Å². The number of hydrogen-bond donors (Lipinski definition) is 2. The van der Waals surface area contributed by atoms with Gasteiger partial charge < -0.3 is 4.42 Å². The van der Waals surface area contributed by atoms with Crippen molar-refractivity contribution in [2.45, 2.75) is 27.7 Å². The molecule has 0 spiro atoms. The highest BCUT2D eigenvalue weighted by Gasteiger charge is 2.15. The van der Waals surface area contributed by atoms with Crippen LogP contribution in [0.25, 0.3) is 0 Å². The minimum Gasteiger partial charge on any atom is -0.446 e. The molecule has 2 amide bonds. The van der Waals surface area contributed by atoms with E-state index in [4.69, 9.17) is 4.42 Å². The summed E-state index contributed by atoms with van der Waals surface area (Å²) in [7, 11) is 0.